The second-order valence-electron chi connectivity index (χ2n) is 7.84. The third kappa shape index (κ3) is 6.37. The number of amides is 2. The monoisotopic (exact) mass is 480 g/mol. The molecule has 184 valence electrons. The van der Waals surface area contributed by atoms with Crippen LogP contribution in [0.25, 0.3) is 0 Å². The maximum atomic E-state index is 13.2. The van der Waals surface area contributed by atoms with Crippen LogP contribution in [0.4, 0.5) is 0 Å². The van der Waals surface area contributed by atoms with E-state index < -0.39 is 65.2 Å². The Morgan fingerprint density at radius 3 is 2.38 bits per heavy atom. The molecule has 1 heterocycles. The van der Waals surface area contributed by atoms with Crippen LogP contribution in [0, 0.1) is 5.92 Å². The molecule has 1 aliphatic rings. The summed E-state index contributed by atoms with van der Waals surface area (Å²) in [6, 6.07) is -2.30. The number of carboxylic acid groups (broad SMARTS) is 1. The van der Waals surface area contributed by atoms with E-state index in [0.717, 1.165) is 4.31 Å². The second-order valence-corrected chi connectivity index (χ2v) is 9.70. The zero-order valence-corrected chi connectivity index (χ0v) is 19.0. The summed E-state index contributed by atoms with van der Waals surface area (Å²) in [4.78, 5) is 36.5. The molecule has 4 atom stereocenters. The van der Waals surface area contributed by atoms with Crippen molar-refractivity contribution in [2.24, 2.45) is 23.1 Å². The summed E-state index contributed by atoms with van der Waals surface area (Å²) in [7, 11) is -6.09. The molecule has 0 aromatic rings. The van der Waals surface area contributed by atoms with Crippen molar-refractivity contribution in [3.63, 3.8) is 0 Å². The van der Waals surface area contributed by atoms with Gasteiger partial charge in [-0.15, -0.1) is 0 Å². The van der Waals surface area contributed by atoms with Crippen LogP contribution in [0.2, 0.25) is 6.32 Å². The molecule has 0 aliphatic carbocycles. The molecule has 2 amide bonds. The van der Waals surface area contributed by atoms with E-state index >= 15 is 0 Å². The van der Waals surface area contributed by atoms with Gasteiger partial charge in [0.25, 0.3) is 5.91 Å². The summed E-state index contributed by atoms with van der Waals surface area (Å²) in [5.74, 6) is -3.93. The second kappa shape index (κ2) is 11.4. The molecule has 32 heavy (non-hydrogen) atoms. The molecule has 0 spiro atoms. The Kier molecular flexibility index (Phi) is 10.0. The van der Waals surface area contributed by atoms with Gasteiger partial charge in [0.05, 0.1) is 6.04 Å². The summed E-state index contributed by atoms with van der Waals surface area (Å²) >= 11 is 0. The third-order valence-corrected chi connectivity index (χ3v) is 7.33. The largest absolute Gasteiger partial charge is 0.480 e. The molecule has 0 aromatic heterocycles. The fraction of sp³-hybridized carbons (Fsp3) is 0.812. The van der Waals surface area contributed by atoms with Gasteiger partial charge in [0.1, 0.15) is 11.6 Å². The quantitative estimate of drug-likeness (QED) is 0.132. The number of nitrogens with zero attached hydrogens (tertiary/aromatic N) is 2. The van der Waals surface area contributed by atoms with Crippen molar-refractivity contribution in [3.8, 4) is 0 Å². The highest BCUT2D eigenvalue weighted by Crippen LogP contribution is 2.33. The zero-order valence-electron chi connectivity index (χ0n) is 18.2. The highest BCUT2D eigenvalue weighted by Gasteiger charge is 2.53. The predicted octanol–water partition coefficient (Wildman–Crippen LogP) is -4.16. The lowest BCUT2D eigenvalue weighted by atomic mass is 9.78. The van der Waals surface area contributed by atoms with Crippen molar-refractivity contribution >= 4 is 35.1 Å². The van der Waals surface area contributed by atoms with Crippen molar-refractivity contribution in [2.45, 2.75) is 50.6 Å². The van der Waals surface area contributed by atoms with Gasteiger partial charge < -0.3 is 37.7 Å². The highest BCUT2D eigenvalue weighted by atomic mass is 32.2. The molecule has 0 unspecified atom stereocenters. The van der Waals surface area contributed by atoms with E-state index in [1.54, 1.807) is 0 Å². The summed E-state index contributed by atoms with van der Waals surface area (Å²) in [5.41, 5.74) is 15.1. The minimum absolute atomic E-state index is 0.0318. The molecule has 0 aromatic carbocycles. The predicted molar refractivity (Wildman–Crippen MR) is 115 cm³/mol. The maximum absolute atomic E-state index is 13.2. The van der Waals surface area contributed by atoms with Crippen LogP contribution >= 0.6 is 0 Å². The Morgan fingerprint density at radius 1 is 1.34 bits per heavy atom. The molecule has 16 heteroatoms. The molecule has 1 fully saturated rings. The fourth-order valence-electron chi connectivity index (χ4n) is 3.48. The number of nitrogens with two attached hydrogens (primary N) is 3. The van der Waals surface area contributed by atoms with Crippen molar-refractivity contribution in [1.29, 1.82) is 0 Å². The molecule has 1 saturated heterocycles. The van der Waals surface area contributed by atoms with Gasteiger partial charge in [-0.25, -0.2) is 4.31 Å². The smallest absolute Gasteiger partial charge is 0.451 e. The van der Waals surface area contributed by atoms with Gasteiger partial charge in [-0.1, -0.05) is 6.42 Å². The van der Waals surface area contributed by atoms with Crippen molar-refractivity contribution < 1.29 is 38.0 Å². The summed E-state index contributed by atoms with van der Waals surface area (Å²) < 4.78 is 27.7. The van der Waals surface area contributed by atoms with Crippen LogP contribution < -0.4 is 22.5 Å². The van der Waals surface area contributed by atoms with Gasteiger partial charge in [0.15, 0.2) is 0 Å². The number of carbonyl (C=O) groups is 3. The first kappa shape index (κ1) is 28.2. The molecule has 1 rings (SSSR count). The SMILES string of the molecule is CCN(C(=O)[C@H](CN)NC(=O)[C@H](C)N)S(=O)(=O)N1C[C@H](CCCB(O)O)[C@](N)(C(=O)O)C1. The van der Waals surface area contributed by atoms with Crippen LogP contribution in [-0.4, -0.2) is 101 Å². The van der Waals surface area contributed by atoms with Crippen molar-refractivity contribution in [3.05, 3.63) is 0 Å². The van der Waals surface area contributed by atoms with Crippen LogP contribution in [0.5, 0.6) is 0 Å². The van der Waals surface area contributed by atoms with Gasteiger partial charge in [-0.05, 0) is 26.6 Å². The molecule has 0 radical (unpaired) electrons. The van der Waals surface area contributed by atoms with E-state index in [9.17, 15) is 27.9 Å². The van der Waals surface area contributed by atoms with Crippen molar-refractivity contribution in [1.82, 2.24) is 13.9 Å². The minimum Gasteiger partial charge on any atom is -0.480 e. The summed E-state index contributed by atoms with van der Waals surface area (Å²) in [5, 5.41) is 29.9. The lowest BCUT2D eigenvalue weighted by Crippen LogP contribution is -2.58. The average molecular weight is 480 g/mol. The highest BCUT2D eigenvalue weighted by molar-refractivity contribution is 7.87. The Bertz CT molecular complexity index is 797. The van der Waals surface area contributed by atoms with E-state index in [1.807, 2.05) is 0 Å². The fourth-order valence-corrected chi connectivity index (χ4v) is 5.18. The van der Waals surface area contributed by atoms with Gasteiger partial charge in [0.2, 0.25) is 5.91 Å². The Morgan fingerprint density at radius 2 is 1.94 bits per heavy atom. The zero-order chi connectivity index (χ0) is 24.9. The number of hydrogen-bond donors (Lipinski definition) is 7. The number of carboxylic acids is 1. The van der Waals surface area contributed by atoms with Crippen LogP contribution in [0.3, 0.4) is 0 Å². The van der Waals surface area contributed by atoms with Gasteiger partial charge in [-0.2, -0.15) is 12.7 Å². The number of carbonyl (C=O) groups excluding carboxylic acids is 2. The van der Waals surface area contributed by atoms with E-state index in [2.05, 4.69) is 5.32 Å². The number of nitrogens with one attached hydrogen (secondary N) is 1. The average Bonchev–Trinajstić information content (AvgIpc) is 3.04. The van der Waals surface area contributed by atoms with Crippen molar-refractivity contribution in [2.75, 3.05) is 26.2 Å². The van der Waals surface area contributed by atoms with Gasteiger partial charge in [0, 0.05) is 32.1 Å². The Hall–Kier alpha value is -1.82. The lowest BCUT2D eigenvalue weighted by molar-refractivity contribution is -0.144. The van der Waals surface area contributed by atoms with E-state index in [1.165, 1.54) is 13.8 Å². The summed E-state index contributed by atoms with van der Waals surface area (Å²) in [6.45, 7) is 1.24. The molecule has 14 nitrogen and oxygen atoms in total. The molecular formula is C16H33BN6O8S. The standard InChI is InChI=1S/C16H33BN6O8S/c1-3-23(14(25)12(7-18)21-13(24)10(2)19)32(30,31)22-8-11(5-4-6-17(28)29)16(20,9-22)15(26)27/h10-12,28-29H,3-9,18-20H2,1-2H3,(H,21,24)(H,26,27)/t10-,11-,12-,16-/m0/s1. The first-order valence-corrected chi connectivity index (χ1v) is 11.6. The van der Waals surface area contributed by atoms with Crippen LogP contribution in [-0.2, 0) is 24.6 Å². The Balaban J connectivity index is 3.13. The van der Waals surface area contributed by atoms with Crippen LogP contribution in [0.15, 0.2) is 0 Å². The maximum Gasteiger partial charge on any atom is 0.451 e. The minimum atomic E-state index is -4.50. The summed E-state index contributed by atoms with van der Waals surface area (Å²) in [6.07, 6.45) is 0.301. The van der Waals surface area contributed by atoms with E-state index in [4.69, 9.17) is 27.2 Å². The number of rotatable bonds is 12. The molecular weight excluding hydrogens is 447 g/mol. The third-order valence-electron chi connectivity index (χ3n) is 5.41. The topological polar surface area (TPSA) is 243 Å². The van der Waals surface area contributed by atoms with E-state index in [-0.39, 0.29) is 38.8 Å². The Labute approximate surface area is 187 Å². The lowest BCUT2D eigenvalue weighted by Gasteiger charge is -2.30. The number of hydrogen-bond acceptors (Lipinski definition) is 10. The first-order chi connectivity index (χ1) is 14.7. The van der Waals surface area contributed by atoms with E-state index in [0.29, 0.717) is 4.31 Å². The normalized spacial score (nSPS) is 23.4. The first-order valence-electron chi connectivity index (χ1n) is 10.2. The van der Waals surface area contributed by atoms with Gasteiger partial charge >= 0.3 is 23.3 Å². The molecule has 0 bridgehead atoms. The molecule has 0 saturated carbocycles. The number of aliphatic carboxylic acids is 1. The molecule has 10 N–H and O–H groups in total. The van der Waals surface area contributed by atoms with Gasteiger partial charge in [-0.3, -0.25) is 14.4 Å². The number of likely N-dealkylation sites (N-methyl/N-ethyl adjacent to an activating group) is 1. The van der Waals surface area contributed by atoms with Crippen LogP contribution in [0.1, 0.15) is 26.7 Å². The molecule has 1 aliphatic heterocycles.